The number of hydrogen-bond donors (Lipinski definition) is 1. The van der Waals surface area contributed by atoms with Crippen LogP contribution < -0.4 is 5.73 Å². The predicted molar refractivity (Wildman–Crippen MR) is 107 cm³/mol. The van der Waals surface area contributed by atoms with Crippen molar-refractivity contribution in [2.45, 2.75) is 19.5 Å². The van der Waals surface area contributed by atoms with Gasteiger partial charge in [-0.1, -0.05) is 5.21 Å². The van der Waals surface area contributed by atoms with Crippen molar-refractivity contribution in [1.82, 2.24) is 15.0 Å². The highest BCUT2D eigenvalue weighted by Crippen LogP contribution is 2.08. The molecule has 0 amide bonds. The summed E-state index contributed by atoms with van der Waals surface area (Å²) in [6.45, 7) is 5.80. The number of hydrogen-bond acceptors (Lipinski definition) is 8. The van der Waals surface area contributed by atoms with Gasteiger partial charge in [-0.15, -0.1) is 5.10 Å². The molecule has 1 aromatic rings. The monoisotopic (exact) mass is 422 g/mol. The lowest BCUT2D eigenvalue weighted by Crippen LogP contribution is -2.40. The van der Waals surface area contributed by atoms with Crippen LogP contribution in [0.15, 0.2) is 6.20 Å². The van der Waals surface area contributed by atoms with Crippen LogP contribution in [0, 0.1) is 0 Å². The molecule has 0 aliphatic heterocycles. The Morgan fingerprint density at radius 3 is 2.29 bits per heavy atom. The van der Waals surface area contributed by atoms with E-state index in [0.29, 0.717) is 70.2 Å². The molecule has 0 aliphatic rings. The number of sulfone groups is 1. The third kappa shape index (κ3) is 13.1. The lowest BCUT2D eigenvalue weighted by atomic mass is 10.3. The Hall–Kier alpha value is -1.11. The molecule has 2 N–H and O–H groups in total. The summed E-state index contributed by atoms with van der Waals surface area (Å²) in [5.41, 5.74) is 6.20. The topological polar surface area (TPSA) is 119 Å². The molecule has 164 valence electrons. The molecule has 1 heterocycles. The van der Waals surface area contributed by atoms with Gasteiger partial charge in [-0.05, 0) is 0 Å². The molecule has 0 saturated carbocycles. The average Bonchev–Trinajstić information content (AvgIpc) is 3.01. The smallest absolute Gasteiger partial charge is 0.147 e. The van der Waals surface area contributed by atoms with Crippen LogP contribution >= 0.6 is 0 Å². The van der Waals surface area contributed by atoms with Gasteiger partial charge >= 0.3 is 0 Å². The van der Waals surface area contributed by atoms with E-state index in [9.17, 15) is 8.42 Å². The lowest BCUT2D eigenvalue weighted by molar-refractivity contribution is -0.903. The second-order valence-corrected chi connectivity index (χ2v) is 9.66. The van der Waals surface area contributed by atoms with Crippen LogP contribution in [0.3, 0.4) is 0 Å². The van der Waals surface area contributed by atoms with E-state index in [0.717, 1.165) is 12.2 Å². The standard InChI is InChI=1S/C17H36N5O5S/c1-22(2,7-4-14-28(3,23)24)16-17-15-21(20-19-17)6-9-26-11-13-27-12-10-25-8-5-18/h15H,4-14,16,18H2,1-3H3/q+1. The zero-order valence-corrected chi connectivity index (χ0v) is 18.2. The maximum Gasteiger partial charge on any atom is 0.147 e. The summed E-state index contributed by atoms with van der Waals surface area (Å²) in [7, 11) is 1.21. The van der Waals surface area contributed by atoms with E-state index >= 15 is 0 Å². The summed E-state index contributed by atoms with van der Waals surface area (Å²) in [5.74, 6) is 0.211. The van der Waals surface area contributed by atoms with Crippen LogP contribution in [0.2, 0.25) is 0 Å². The van der Waals surface area contributed by atoms with Crippen LogP contribution in [0.4, 0.5) is 0 Å². The third-order valence-corrected chi connectivity index (χ3v) is 4.96. The fourth-order valence-corrected chi connectivity index (χ4v) is 3.23. The summed E-state index contributed by atoms with van der Waals surface area (Å²) >= 11 is 0. The molecule has 0 radical (unpaired) electrons. The van der Waals surface area contributed by atoms with Gasteiger partial charge in [0.15, 0.2) is 0 Å². The highest BCUT2D eigenvalue weighted by molar-refractivity contribution is 7.90. The van der Waals surface area contributed by atoms with Crippen molar-refractivity contribution >= 4 is 9.84 Å². The second-order valence-electron chi connectivity index (χ2n) is 7.40. The average molecular weight is 423 g/mol. The number of rotatable bonds is 17. The quantitative estimate of drug-likeness (QED) is 0.259. The first kappa shape index (κ1) is 24.9. The first-order valence-electron chi connectivity index (χ1n) is 9.54. The minimum atomic E-state index is -2.92. The van der Waals surface area contributed by atoms with Crippen LogP contribution in [-0.4, -0.2) is 107 Å². The van der Waals surface area contributed by atoms with E-state index in [-0.39, 0.29) is 5.75 Å². The summed E-state index contributed by atoms with van der Waals surface area (Å²) < 4.78 is 41.0. The lowest BCUT2D eigenvalue weighted by Gasteiger charge is -2.28. The molecule has 0 aromatic carbocycles. The Bertz CT molecular complexity index is 636. The minimum absolute atomic E-state index is 0.211. The van der Waals surface area contributed by atoms with Gasteiger partial charge in [0.1, 0.15) is 22.1 Å². The van der Waals surface area contributed by atoms with Crippen LogP contribution in [0.25, 0.3) is 0 Å². The molecule has 0 fully saturated rings. The first-order valence-corrected chi connectivity index (χ1v) is 11.6. The summed E-state index contributed by atoms with van der Waals surface area (Å²) in [6, 6.07) is 0. The largest absolute Gasteiger partial charge is 0.378 e. The Balaban J connectivity index is 2.15. The molecule has 0 aliphatic carbocycles. The Morgan fingerprint density at radius 1 is 1.07 bits per heavy atom. The third-order valence-electron chi connectivity index (χ3n) is 3.93. The normalized spacial score (nSPS) is 12.6. The molecule has 0 unspecified atom stereocenters. The Labute approximate surface area is 168 Å². The molecule has 1 aromatic heterocycles. The predicted octanol–water partition coefficient (Wildman–Crippen LogP) is -0.702. The summed E-state index contributed by atoms with van der Waals surface area (Å²) in [5, 5.41) is 8.32. The molecular formula is C17H36N5O5S+. The van der Waals surface area contributed by atoms with Crippen molar-refractivity contribution in [3.63, 3.8) is 0 Å². The molecule has 10 nitrogen and oxygen atoms in total. The highest BCUT2D eigenvalue weighted by atomic mass is 32.2. The number of aromatic nitrogens is 3. The fourth-order valence-electron chi connectivity index (χ4n) is 2.58. The van der Waals surface area contributed by atoms with E-state index < -0.39 is 9.84 Å². The van der Waals surface area contributed by atoms with Crippen molar-refractivity contribution < 1.29 is 27.1 Å². The van der Waals surface area contributed by atoms with Gasteiger partial charge < -0.3 is 24.4 Å². The van der Waals surface area contributed by atoms with Gasteiger partial charge in [-0.3, -0.25) is 0 Å². The van der Waals surface area contributed by atoms with Crippen molar-refractivity contribution in [2.24, 2.45) is 5.73 Å². The summed E-state index contributed by atoms with van der Waals surface area (Å²) in [6.07, 6.45) is 3.81. The van der Waals surface area contributed by atoms with Gasteiger partial charge in [0.25, 0.3) is 0 Å². The van der Waals surface area contributed by atoms with E-state index in [1.54, 1.807) is 4.68 Å². The highest BCUT2D eigenvalue weighted by Gasteiger charge is 2.19. The van der Waals surface area contributed by atoms with Gasteiger partial charge in [-0.2, -0.15) is 0 Å². The van der Waals surface area contributed by atoms with Crippen molar-refractivity contribution in [2.75, 3.05) is 78.8 Å². The zero-order chi connectivity index (χ0) is 20.9. The first-order chi connectivity index (χ1) is 13.2. The minimum Gasteiger partial charge on any atom is -0.378 e. The van der Waals surface area contributed by atoms with Gasteiger partial charge in [-0.25, -0.2) is 13.1 Å². The molecule has 0 spiro atoms. The summed E-state index contributed by atoms with van der Waals surface area (Å²) in [4.78, 5) is 0. The maximum atomic E-state index is 11.3. The van der Waals surface area contributed by atoms with E-state index in [1.807, 2.05) is 6.20 Å². The number of ether oxygens (including phenoxy) is 3. The van der Waals surface area contributed by atoms with Crippen molar-refractivity contribution in [1.29, 1.82) is 0 Å². The second kappa shape index (κ2) is 13.2. The van der Waals surface area contributed by atoms with Crippen molar-refractivity contribution in [3.8, 4) is 0 Å². The van der Waals surface area contributed by atoms with Crippen LogP contribution in [0.1, 0.15) is 12.1 Å². The van der Waals surface area contributed by atoms with Gasteiger partial charge in [0.2, 0.25) is 0 Å². The van der Waals surface area contributed by atoms with Gasteiger partial charge in [0, 0.05) is 19.2 Å². The maximum absolute atomic E-state index is 11.3. The van der Waals surface area contributed by atoms with Crippen molar-refractivity contribution in [3.05, 3.63) is 11.9 Å². The SMILES string of the molecule is C[N+](C)(CCCS(C)(=O)=O)Cc1cn(CCOCCOCCOCCN)nn1. The molecule has 0 bridgehead atoms. The van der Waals surface area contributed by atoms with E-state index in [1.165, 1.54) is 6.26 Å². The molecule has 28 heavy (non-hydrogen) atoms. The molecule has 0 saturated heterocycles. The van der Waals surface area contributed by atoms with Crippen LogP contribution in [0.5, 0.6) is 0 Å². The fraction of sp³-hybridized carbons (Fsp3) is 0.882. The van der Waals surface area contributed by atoms with Gasteiger partial charge in [0.05, 0.1) is 78.8 Å². The number of nitrogens with two attached hydrogens (primary N) is 1. The zero-order valence-electron chi connectivity index (χ0n) is 17.4. The molecule has 1 rings (SSSR count). The molecular weight excluding hydrogens is 386 g/mol. The van der Waals surface area contributed by atoms with E-state index in [2.05, 4.69) is 24.4 Å². The van der Waals surface area contributed by atoms with E-state index in [4.69, 9.17) is 19.9 Å². The number of nitrogens with zero attached hydrogens (tertiary/aromatic N) is 4. The molecule has 0 atom stereocenters. The van der Waals surface area contributed by atoms with Crippen LogP contribution in [-0.2, 0) is 37.1 Å². The Kier molecular flexibility index (Phi) is 11.7. The number of quaternary nitrogens is 1. The molecule has 11 heteroatoms. The Morgan fingerprint density at radius 2 is 1.68 bits per heavy atom.